The quantitative estimate of drug-likeness (QED) is 0.812. The fraction of sp³-hybridized carbons (Fsp3) is 0.500. The van der Waals surface area contributed by atoms with E-state index in [-0.39, 0.29) is 5.41 Å². The molecule has 1 aromatic rings. The van der Waals surface area contributed by atoms with Gasteiger partial charge in [-0.1, -0.05) is 12.8 Å². The molecular weight excluding hydrogens is 214 g/mol. The number of benzene rings is 1. The van der Waals surface area contributed by atoms with E-state index in [4.69, 9.17) is 10.5 Å². The molecule has 3 nitrogen and oxygen atoms in total. The minimum absolute atomic E-state index is 0.0230. The van der Waals surface area contributed by atoms with Crippen LogP contribution in [0.3, 0.4) is 0 Å². The summed E-state index contributed by atoms with van der Waals surface area (Å²) in [5.74, 6) is 0.797. The van der Waals surface area contributed by atoms with E-state index in [1.807, 2.05) is 18.2 Å². The van der Waals surface area contributed by atoms with Crippen molar-refractivity contribution in [2.24, 2.45) is 5.73 Å². The summed E-state index contributed by atoms with van der Waals surface area (Å²) in [4.78, 5) is 11.2. The molecule has 0 spiro atoms. The Morgan fingerprint density at radius 2 is 2.12 bits per heavy atom. The van der Waals surface area contributed by atoms with Gasteiger partial charge in [0.15, 0.2) is 0 Å². The van der Waals surface area contributed by atoms with Crippen molar-refractivity contribution in [3.05, 3.63) is 29.3 Å². The maximum Gasteiger partial charge on any atom is 0.150 e. The molecule has 1 aliphatic carbocycles. The summed E-state index contributed by atoms with van der Waals surface area (Å²) in [6, 6.07) is 5.63. The number of hydrogen-bond donors (Lipinski definition) is 1. The van der Waals surface area contributed by atoms with Crippen LogP contribution < -0.4 is 10.5 Å². The van der Waals surface area contributed by atoms with Crippen molar-refractivity contribution in [1.29, 1.82) is 0 Å². The van der Waals surface area contributed by atoms with Crippen LogP contribution in [0.5, 0.6) is 5.75 Å². The number of rotatable bonds is 4. The van der Waals surface area contributed by atoms with Crippen LogP contribution in [-0.2, 0) is 5.41 Å². The summed E-state index contributed by atoms with van der Waals surface area (Å²) in [5.41, 5.74) is 7.75. The van der Waals surface area contributed by atoms with E-state index in [0.717, 1.165) is 36.0 Å². The van der Waals surface area contributed by atoms with Gasteiger partial charge in [-0.2, -0.15) is 0 Å². The molecule has 0 heterocycles. The SMILES string of the molecule is COc1ccc(C=O)c(C2(CN)CCCC2)c1. The van der Waals surface area contributed by atoms with Crippen LogP contribution in [0.25, 0.3) is 0 Å². The molecular formula is C14H19NO2. The molecule has 1 aliphatic rings. The first-order chi connectivity index (χ1) is 8.25. The van der Waals surface area contributed by atoms with Crippen LogP contribution in [0.15, 0.2) is 18.2 Å². The number of ether oxygens (including phenoxy) is 1. The Morgan fingerprint density at radius 1 is 1.41 bits per heavy atom. The third kappa shape index (κ3) is 2.07. The Balaban J connectivity index is 2.50. The summed E-state index contributed by atoms with van der Waals surface area (Å²) >= 11 is 0. The van der Waals surface area contributed by atoms with Crippen molar-refractivity contribution in [2.75, 3.05) is 13.7 Å². The molecule has 3 heteroatoms. The smallest absolute Gasteiger partial charge is 0.150 e. The normalized spacial score (nSPS) is 18.0. The highest BCUT2D eigenvalue weighted by Gasteiger charge is 2.36. The molecule has 0 atom stereocenters. The fourth-order valence-corrected chi connectivity index (χ4v) is 2.86. The maximum absolute atomic E-state index is 11.2. The minimum atomic E-state index is -0.0230. The molecule has 1 saturated carbocycles. The zero-order valence-electron chi connectivity index (χ0n) is 10.2. The zero-order chi connectivity index (χ0) is 12.3. The summed E-state index contributed by atoms with van der Waals surface area (Å²) < 4.78 is 5.25. The molecule has 0 aliphatic heterocycles. The zero-order valence-corrected chi connectivity index (χ0v) is 10.2. The van der Waals surface area contributed by atoms with Gasteiger partial charge in [0.1, 0.15) is 12.0 Å². The van der Waals surface area contributed by atoms with Crippen molar-refractivity contribution in [2.45, 2.75) is 31.1 Å². The number of methoxy groups -OCH3 is 1. The Morgan fingerprint density at radius 3 is 2.65 bits per heavy atom. The van der Waals surface area contributed by atoms with Crippen LogP contribution in [0.4, 0.5) is 0 Å². The maximum atomic E-state index is 11.2. The Hall–Kier alpha value is -1.35. The first kappa shape index (κ1) is 12.1. The van der Waals surface area contributed by atoms with Crippen molar-refractivity contribution in [3.63, 3.8) is 0 Å². The van der Waals surface area contributed by atoms with Gasteiger partial charge in [-0.05, 0) is 36.6 Å². The number of carbonyl (C=O) groups excluding carboxylic acids is 1. The first-order valence-corrected chi connectivity index (χ1v) is 6.09. The largest absolute Gasteiger partial charge is 0.497 e. The molecule has 92 valence electrons. The molecule has 1 fully saturated rings. The predicted molar refractivity (Wildman–Crippen MR) is 67.6 cm³/mol. The number of carbonyl (C=O) groups is 1. The molecule has 0 saturated heterocycles. The summed E-state index contributed by atoms with van der Waals surface area (Å²) in [7, 11) is 1.64. The van der Waals surface area contributed by atoms with Gasteiger partial charge in [-0.3, -0.25) is 4.79 Å². The van der Waals surface area contributed by atoms with Crippen molar-refractivity contribution in [3.8, 4) is 5.75 Å². The summed E-state index contributed by atoms with van der Waals surface area (Å²) in [5, 5.41) is 0. The molecule has 0 radical (unpaired) electrons. The van der Waals surface area contributed by atoms with E-state index in [2.05, 4.69) is 0 Å². The highest BCUT2D eigenvalue weighted by Crippen LogP contribution is 2.42. The van der Waals surface area contributed by atoms with E-state index in [0.29, 0.717) is 6.54 Å². The second-order valence-electron chi connectivity index (χ2n) is 4.76. The van der Waals surface area contributed by atoms with E-state index in [1.165, 1.54) is 12.8 Å². The standard InChI is InChI=1S/C14H19NO2/c1-17-12-5-4-11(9-16)13(8-12)14(10-15)6-2-3-7-14/h4-5,8-9H,2-3,6-7,10,15H2,1H3. The predicted octanol–water partition coefficient (Wildman–Crippen LogP) is 2.28. The third-order valence-electron chi connectivity index (χ3n) is 3.91. The molecule has 0 aromatic heterocycles. The molecule has 17 heavy (non-hydrogen) atoms. The second-order valence-corrected chi connectivity index (χ2v) is 4.76. The molecule has 1 aromatic carbocycles. The monoisotopic (exact) mass is 233 g/mol. The lowest BCUT2D eigenvalue weighted by atomic mass is 9.77. The number of nitrogens with two attached hydrogens (primary N) is 1. The van der Waals surface area contributed by atoms with Crippen LogP contribution in [0.2, 0.25) is 0 Å². The van der Waals surface area contributed by atoms with Crippen molar-refractivity contribution in [1.82, 2.24) is 0 Å². The highest BCUT2D eigenvalue weighted by atomic mass is 16.5. The van der Waals surface area contributed by atoms with Crippen LogP contribution in [0.1, 0.15) is 41.6 Å². The van der Waals surface area contributed by atoms with Gasteiger partial charge < -0.3 is 10.5 Å². The molecule has 0 bridgehead atoms. The van der Waals surface area contributed by atoms with Crippen LogP contribution in [-0.4, -0.2) is 19.9 Å². The van der Waals surface area contributed by atoms with Gasteiger partial charge in [0.05, 0.1) is 7.11 Å². The highest BCUT2D eigenvalue weighted by molar-refractivity contribution is 5.78. The second kappa shape index (κ2) is 4.88. The Labute approximate surface area is 102 Å². The average Bonchev–Trinajstić information content (AvgIpc) is 2.88. The van der Waals surface area contributed by atoms with Crippen LogP contribution in [0, 0.1) is 0 Å². The van der Waals surface area contributed by atoms with E-state index in [1.54, 1.807) is 7.11 Å². The lowest BCUT2D eigenvalue weighted by Gasteiger charge is -2.29. The van der Waals surface area contributed by atoms with Gasteiger partial charge >= 0.3 is 0 Å². The number of hydrogen-bond acceptors (Lipinski definition) is 3. The van der Waals surface area contributed by atoms with E-state index >= 15 is 0 Å². The summed E-state index contributed by atoms with van der Waals surface area (Å²) in [6.45, 7) is 0.598. The van der Waals surface area contributed by atoms with Gasteiger partial charge in [0.2, 0.25) is 0 Å². The minimum Gasteiger partial charge on any atom is -0.497 e. The lowest BCUT2D eigenvalue weighted by Crippen LogP contribution is -2.33. The summed E-state index contributed by atoms with van der Waals surface area (Å²) in [6.07, 6.45) is 5.43. The Kier molecular flexibility index (Phi) is 3.48. The average molecular weight is 233 g/mol. The fourth-order valence-electron chi connectivity index (χ4n) is 2.86. The van der Waals surface area contributed by atoms with Gasteiger partial charge in [-0.25, -0.2) is 0 Å². The third-order valence-corrected chi connectivity index (χ3v) is 3.91. The van der Waals surface area contributed by atoms with E-state index in [9.17, 15) is 4.79 Å². The van der Waals surface area contributed by atoms with Crippen molar-refractivity contribution >= 4 is 6.29 Å². The Bertz CT molecular complexity index is 409. The number of aldehydes is 1. The van der Waals surface area contributed by atoms with Gasteiger partial charge in [0, 0.05) is 17.5 Å². The van der Waals surface area contributed by atoms with E-state index < -0.39 is 0 Å². The molecule has 0 amide bonds. The van der Waals surface area contributed by atoms with Gasteiger partial charge in [-0.15, -0.1) is 0 Å². The van der Waals surface area contributed by atoms with Crippen molar-refractivity contribution < 1.29 is 9.53 Å². The topological polar surface area (TPSA) is 52.3 Å². The first-order valence-electron chi connectivity index (χ1n) is 6.09. The van der Waals surface area contributed by atoms with Gasteiger partial charge in [0.25, 0.3) is 0 Å². The van der Waals surface area contributed by atoms with Crippen LogP contribution >= 0.6 is 0 Å². The molecule has 2 rings (SSSR count). The molecule has 2 N–H and O–H groups in total. The molecule has 0 unspecified atom stereocenters. The lowest BCUT2D eigenvalue weighted by molar-refractivity contribution is 0.112.